The maximum atomic E-state index is 12.8. The zero-order valence-electron chi connectivity index (χ0n) is 14.9. The van der Waals surface area contributed by atoms with E-state index in [0.29, 0.717) is 0 Å². The van der Waals surface area contributed by atoms with Crippen LogP contribution in [0.3, 0.4) is 0 Å². The van der Waals surface area contributed by atoms with Crippen LogP contribution in [0.2, 0.25) is 0 Å². The van der Waals surface area contributed by atoms with Crippen LogP contribution in [0.4, 0.5) is 0 Å². The summed E-state index contributed by atoms with van der Waals surface area (Å²) in [7, 11) is 2.00. The van der Waals surface area contributed by atoms with Crippen LogP contribution in [0.1, 0.15) is 38.3 Å². The molecule has 1 aromatic rings. The van der Waals surface area contributed by atoms with Gasteiger partial charge < -0.3 is 10.6 Å². The first-order valence-electron chi connectivity index (χ1n) is 8.29. The standard InChI is InChI=1S/C18H29N3O.2ClH/c1-4-21(3)16(15-8-6-5-7-9-15)17(22)20-14-18(2)10-12-19-13-11-18;;/h5-9,16,19H,4,10-14H2,1-3H3,(H,20,22);2*1H. The topological polar surface area (TPSA) is 44.4 Å². The van der Waals surface area contributed by atoms with E-state index in [1.165, 1.54) is 0 Å². The fraction of sp³-hybridized carbons (Fsp3) is 0.611. The molecule has 0 aromatic heterocycles. The lowest BCUT2D eigenvalue weighted by Crippen LogP contribution is -2.46. The predicted octanol–water partition coefficient (Wildman–Crippen LogP) is 3.03. The summed E-state index contributed by atoms with van der Waals surface area (Å²) in [4.78, 5) is 14.9. The molecule has 1 fully saturated rings. The minimum atomic E-state index is -0.212. The number of halogens is 2. The first-order chi connectivity index (χ1) is 10.6. The van der Waals surface area contributed by atoms with Crippen molar-refractivity contribution in [3.05, 3.63) is 35.9 Å². The Hall–Kier alpha value is -0.810. The van der Waals surface area contributed by atoms with Crippen LogP contribution in [0.5, 0.6) is 0 Å². The fourth-order valence-corrected chi connectivity index (χ4v) is 3.03. The summed E-state index contributed by atoms with van der Waals surface area (Å²) >= 11 is 0. The minimum absolute atomic E-state index is 0. The summed E-state index contributed by atoms with van der Waals surface area (Å²) in [5.74, 6) is 0.107. The molecule has 1 heterocycles. The third-order valence-electron chi connectivity index (χ3n) is 4.80. The van der Waals surface area contributed by atoms with Gasteiger partial charge in [-0.1, -0.05) is 44.2 Å². The summed E-state index contributed by atoms with van der Waals surface area (Å²) in [6.07, 6.45) is 2.24. The quantitative estimate of drug-likeness (QED) is 0.802. The van der Waals surface area contributed by atoms with Crippen LogP contribution >= 0.6 is 24.8 Å². The lowest BCUT2D eigenvalue weighted by atomic mass is 9.81. The third kappa shape index (κ3) is 6.25. The fourth-order valence-electron chi connectivity index (χ4n) is 3.03. The van der Waals surface area contributed by atoms with Crippen molar-refractivity contribution < 1.29 is 4.79 Å². The molecule has 0 bridgehead atoms. The minimum Gasteiger partial charge on any atom is -0.354 e. The van der Waals surface area contributed by atoms with Crippen molar-refractivity contribution >= 4 is 30.7 Å². The summed E-state index contributed by atoms with van der Waals surface area (Å²) in [6.45, 7) is 8.04. The van der Waals surface area contributed by atoms with E-state index in [0.717, 1.165) is 44.6 Å². The van der Waals surface area contributed by atoms with Crippen molar-refractivity contribution in [1.82, 2.24) is 15.5 Å². The van der Waals surface area contributed by atoms with E-state index in [1.807, 2.05) is 37.4 Å². The van der Waals surface area contributed by atoms with Gasteiger partial charge in [-0.25, -0.2) is 0 Å². The van der Waals surface area contributed by atoms with Crippen molar-refractivity contribution in [2.75, 3.05) is 33.2 Å². The van der Waals surface area contributed by atoms with Crippen molar-refractivity contribution in [2.24, 2.45) is 5.41 Å². The number of benzene rings is 1. The normalized spacial score (nSPS) is 17.3. The van der Waals surface area contributed by atoms with Gasteiger partial charge in [0.25, 0.3) is 0 Å². The number of nitrogens with zero attached hydrogens (tertiary/aromatic N) is 1. The molecule has 138 valence electrons. The number of hydrogen-bond acceptors (Lipinski definition) is 3. The van der Waals surface area contributed by atoms with Crippen molar-refractivity contribution in [3.63, 3.8) is 0 Å². The third-order valence-corrected chi connectivity index (χ3v) is 4.80. The van der Waals surface area contributed by atoms with E-state index >= 15 is 0 Å². The first kappa shape index (κ1) is 23.2. The molecule has 24 heavy (non-hydrogen) atoms. The number of likely N-dealkylation sites (N-methyl/N-ethyl adjacent to an activating group) is 1. The smallest absolute Gasteiger partial charge is 0.241 e. The highest BCUT2D eigenvalue weighted by Gasteiger charge is 2.30. The monoisotopic (exact) mass is 375 g/mol. The summed E-state index contributed by atoms with van der Waals surface area (Å²) in [5.41, 5.74) is 1.27. The van der Waals surface area contributed by atoms with Crippen LogP contribution in [-0.2, 0) is 4.79 Å². The van der Waals surface area contributed by atoms with Gasteiger partial charge in [0.1, 0.15) is 6.04 Å². The maximum Gasteiger partial charge on any atom is 0.241 e. The lowest BCUT2D eigenvalue weighted by Gasteiger charge is -2.35. The summed E-state index contributed by atoms with van der Waals surface area (Å²) in [5, 5.41) is 6.58. The zero-order chi connectivity index (χ0) is 16.0. The second-order valence-corrected chi connectivity index (χ2v) is 6.66. The number of carbonyl (C=O) groups excluding carboxylic acids is 1. The average molecular weight is 376 g/mol. The Balaban J connectivity index is 0.00000264. The molecule has 6 heteroatoms. The Morgan fingerprint density at radius 1 is 1.25 bits per heavy atom. The van der Waals surface area contributed by atoms with E-state index in [-0.39, 0.29) is 42.2 Å². The van der Waals surface area contributed by atoms with E-state index in [2.05, 4.69) is 29.4 Å². The molecule has 0 saturated carbocycles. The molecule has 0 radical (unpaired) electrons. The van der Waals surface area contributed by atoms with Gasteiger partial charge in [-0.05, 0) is 50.5 Å². The number of amides is 1. The molecule has 0 spiro atoms. The molecule has 1 amide bonds. The van der Waals surface area contributed by atoms with E-state index in [4.69, 9.17) is 0 Å². The molecular weight excluding hydrogens is 345 g/mol. The molecule has 1 aromatic carbocycles. The van der Waals surface area contributed by atoms with Crippen LogP contribution < -0.4 is 10.6 Å². The molecule has 4 nitrogen and oxygen atoms in total. The summed E-state index contributed by atoms with van der Waals surface area (Å²) in [6, 6.07) is 9.82. The number of carbonyl (C=O) groups is 1. The second-order valence-electron chi connectivity index (χ2n) is 6.66. The average Bonchev–Trinajstić information content (AvgIpc) is 2.55. The molecular formula is C18H31Cl2N3O. The van der Waals surface area contributed by atoms with Crippen molar-refractivity contribution in [1.29, 1.82) is 0 Å². The molecule has 1 aliphatic rings. The molecule has 2 rings (SSSR count). The highest BCUT2D eigenvalue weighted by atomic mass is 35.5. The van der Waals surface area contributed by atoms with Gasteiger partial charge in [-0.2, -0.15) is 0 Å². The van der Waals surface area contributed by atoms with E-state index in [1.54, 1.807) is 0 Å². The van der Waals surface area contributed by atoms with Gasteiger partial charge in [0.05, 0.1) is 0 Å². The van der Waals surface area contributed by atoms with Gasteiger partial charge in [-0.15, -0.1) is 24.8 Å². The molecule has 1 unspecified atom stereocenters. The Labute approximate surface area is 158 Å². The molecule has 2 N–H and O–H groups in total. The van der Waals surface area contributed by atoms with E-state index in [9.17, 15) is 4.79 Å². The zero-order valence-corrected chi connectivity index (χ0v) is 16.5. The molecule has 1 atom stereocenters. The van der Waals surface area contributed by atoms with Gasteiger partial charge in [0.2, 0.25) is 5.91 Å². The van der Waals surface area contributed by atoms with Crippen LogP contribution in [0.25, 0.3) is 0 Å². The number of nitrogens with one attached hydrogen (secondary N) is 2. The van der Waals surface area contributed by atoms with Crippen LogP contribution in [0.15, 0.2) is 30.3 Å². The van der Waals surface area contributed by atoms with Crippen molar-refractivity contribution in [2.45, 2.75) is 32.7 Å². The van der Waals surface area contributed by atoms with E-state index < -0.39 is 0 Å². The van der Waals surface area contributed by atoms with Gasteiger partial charge in [0, 0.05) is 6.54 Å². The van der Waals surface area contributed by atoms with Gasteiger partial charge >= 0.3 is 0 Å². The predicted molar refractivity (Wildman–Crippen MR) is 105 cm³/mol. The maximum absolute atomic E-state index is 12.8. The van der Waals surface area contributed by atoms with Crippen LogP contribution in [0, 0.1) is 5.41 Å². The number of hydrogen-bond donors (Lipinski definition) is 2. The molecule has 1 saturated heterocycles. The van der Waals surface area contributed by atoms with Gasteiger partial charge in [0.15, 0.2) is 0 Å². The summed E-state index contributed by atoms with van der Waals surface area (Å²) < 4.78 is 0. The number of piperidine rings is 1. The lowest BCUT2D eigenvalue weighted by molar-refractivity contribution is -0.126. The Morgan fingerprint density at radius 3 is 2.38 bits per heavy atom. The van der Waals surface area contributed by atoms with Crippen molar-refractivity contribution in [3.8, 4) is 0 Å². The van der Waals surface area contributed by atoms with Crippen LogP contribution in [-0.4, -0.2) is 44.0 Å². The largest absolute Gasteiger partial charge is 0.354 e. The SMILES string of the molecule is CCN(C)C(C(=O)NCC1(C)CCNCC1)c1ccccc1.Cl.Cl. The first-order valence-corrected chi connectivity index (χ1v) is 8.29. The highest BCUT2D eigenvalue weighted by molar-refractivity contribution is 5.85. The highest BCUT2D eigenvalue weighted by Crippen LogP contribution is 2.27. The Morgan fingerprint density at radius 2 is 1.83 bits per heavy atom. The van der Waals surface area contributed by atoms with Gasteiger partial charge in [-0.3, -0.25) is 9.69 Å². The Kier molecular flexibility index (Phi) is 10.6. The molecule has 1 aliphatic heterocycles. The Bertz CT molecular complexity index is 478. The molecule has 0 aliphatic carbocycles. The second kappa shape index (κ2) is 10.9. The number of rotatable bonds is 6.